The fraction of sp³-hybridized carbons (Fsp3) is 0.500. The Kier molecular flexibility index (Phi) is 4.14. The number of aryl methyl sites for hydroxylation is 2. The summed E-state index contributed by atoms with van der Waals surface area (Å²) < 4.78 is 37.5. The van der Waals surface area contributed by atoms with Crippen LogP contribution in [0.5, 0.6) is 0 Å². The highest BCUT2D eigenvalue weighted by molar-refractivity contribution is 7.09. The minimum Gasteiger partial charge on any atom is -0.308 e. The number of hydrogen-bond acceptors (Lipinski definition) is 5. The second-order valence-corrected chi connectivity index (χ2v) is 6.21. The lowest BCUT2D eigenvalue weighted by Crippen LogP contribution is -2.34. The summed E-state index contributed by atoms with van der Waals surface area (Å²) in [5, 5.41) is 3.95. The van der Waals surface area contributed by atoms with Crippen LogP contribution in [-0.4, -0.2) is 21.0 Å². The molecule has 0 saturated carbocycles. The summed E-state index contributed by atoms with van der Waals surface area (Å²) >= 11 is 0.637. The molecule has 0 unspecified atom stereocenters. The predicted octanol–water partition coefficient (Wildman–Crippen LogP) is 2.91. The molecule has 0 aliphatic heterocycles. The third kappa shape index (κ3) is 3.44. The van der Waals surface area contributed by atoms with Crippen LogP contribution in [-0.2, 0) is 25.6 Å². The Morgan fingerprint density at radius 3 is 2.91 bits per heavy atom. The minimum atomic E-state index is -4.36. The van der Waals surface area contributed by atoms with Gasteiger partial charge in [0.15, 0.2) is 5.01 Å². The molecule has 0 saturated heterocycles. The smallest absolute Gasteiger partial charge is 0.308 e. The van der Waals surface area contributed by atoms with Gasteiger partial charge in [-0.05, 0) is 31.7 Å². The van der Waals surface area contributed by atoms with Crippen LogP contribution in [0, 0.1) is 6.92 Å². The molecular formula is C14H15F3N4S. The summed E-state index contributed by atoms with van der Waals surface area (Å²) in [4.78, 5) is 12.3. The van der Waals surface area contributed by atoms with Gasteiger partial charge in [-0.25, -0.2) is 15.0 Å². The average molecular weight is 328 g/mol. The Morgan fingerprint density at radius 2 is 2.18 bits per heavy atom. The fourth-order valence-electron chi connectivity index (χ4n) is 2.55. The van der Waals surface area contributed by atoms with Crippen molar-refractivity contribution in [2.24, 2.45) is 0 Å². The van der Waals surface area contributed by atoms with Crippen molar-refractivity contribution in [2.45, 2.75) is 44.9 Å². The first-order valence-electron chi connectivity index (χ1n) is 6.98. The van der Waals surface area contributed by atoms with Crippen molar-refractivity contribution < 1.29 is 13.2 Å². The van der Waals surface area contributed by atoms with Gasteiger partial charge >= 0.3 is 6.18 Å². The molecule has 0 radical (unpaired) electrons. The van der Waals surface area contributed by atoms with E-state index < -0.39 is 11.2 Å². The number of nitrogens with zero attached hydrogens (tertiary/aromatic N) is 3. The topological polar surface area (TPSA) is 50.7 Å². The number of hydrogen-bond donors (Lipinski definition) is 1. The molecule has 1 aliphatic carbocycles. The molecule has 1 aliphatic rings. The average Bonchev–Trinajstić information content (AvgIpc) is 2.94. The maximum absolute atomic E-state index is 12.5. The maximum atomic E-state index is 12.5. The van der Waals surface area contributed by atoms with Crippen LogP contribution >= 0.6 is 11.3 Å². The zero-order chi connectivity index (χ0) is 15.7. The van der Waals surface area contributed by atoms with Crippen molar-refractivity contribution in [1.82, 2.24) is 20.3 Å². The van der Waals surface area contributed by atoms with Crippen molar-refractivity contribution in [3.8, 4) is 0 Å². The highest BCUT2D eigenvalue weighted by Gasteiger charge is 2.34. The summed E-state index contributed by atoms with van der Waals surface area (Å²) in [6.45, 7) is 2.21. The van der Waals surface area contributed by atoms with E-state index in [-0.39, 0.29) is 6.04 Å². The van der Waals surface area contributed by atoms with Crippen LogP contribution in [0.2, 0.25) is 0 Å². The zero-order valence-electron chi connectivity index (χ0n) is 11.9. The van der Waals surface area contributed by atoms with Gasteiger partial charge in [-0.2, -0.15) is 13.2 Å². The Labute approximate surface area is 129 Å². The third-order valence-electron chi connectivity index (χ3n) is 3.64. The van der Waals surface area contributed by atoms with Crippen molar-refractivity contribution >= 4 is 11.3 Å². The van der Waals surface area contributed by atoms with Gasteiger partial charge in [-0.1, -0.05) is 0 Å². The zero-order valence-corrected chi connectivity index (χ0v) is 12.8. The Morgan fingerprint density at radius 1 is 1.36 bits per heavy atom. The molecule has 3 rings (SSSR count). The molecular weight excluding hydrogens is 313 g/mol. The first-order chi connectivity index (χ1) is 10.4. The van der Waals surface area contributed by atoms with E-state index in [1.165, 1.54) is 5.38 Å². The highest BCUT2D eigenvalue weighted by atomic mass is 32.1. The summed E-state index contributed by atoms with van der Waals surface area (Å²) in [6.07, 6.45) is 0.0603. The van der Waals surface area contributed by atoms with Gasteiger partial charge in [-0.3, -0.25) is 0 Å². The van der Waals surface area contributed by atoms with E-state index in [4.69, 9.17) is 0 Å². The Balaban J connectivity index is 1.59. The number of thiazole rings is 1. The summed E-state index contributed by atoms with van der Waals surface area (Å²) in [5.41, 5.74) is 2.63. The molecule has 2 aromatic heterocycles. The summed E-state index contributed by atoms with van der Waals surface area (Å²) in [5.74, 6) is 0.771. The van der Waals surface area contributed by atoms with Crippen LogP contribution in [0.4, 0.5) is 13.2 Å². The monoisotopic (exact) mass is 328 g/mol. The van der Waals surface area contributed by atoms with Crippen molar-refractivity contribution in [3.05, 3.63) is 39.4 Å². The molecule has 22 heavy (non-hydrogen) atoms. The highest BCUT2D eigenvalue weighted by Crippen LogP contribution is 2.31. The third-order valence-corrected chi connectivity index (χ3v) is 4.57. The number of halogens is 3. The molecule has 1 atom stereocenters. The van der Waals surface area contributed by atoms with E-state index in [9.17, 15) is 13.2 Å². The van der Waals surface area contributed by atoms with E-state index >= 15 is 0 Å². The maximum Gasteiger partial charge on any atom is 0.443 e. The molecule has 118 valence electrons. The van der Waals surface area contributed by atoms with Crippen molar-refractivity contribution in [2.75, 3.05) is 0 Å². The van der Waals surface area contributed by atoms with Gasteiger partial charge in [-0.15, -0.1) is 11.3 Å². The lowest BCUT2D eigenvalue weighted by atomic mass is 9.93. The Bertz CT molecular complexity index is 668. The molecule has 8 heteroatoms. The first kappa shape index (κ1) is 15.4. The van der Waals surface area contributed by atoms with E-state index in [0.717, 1.165) is 36.3 Å². The van der Waals surface area contributed by atoms with Gasteiger partial charge in [0, 0.05) is 29.9 Å². The van der Waals surface area contributed by atoms with Crippen LogP contribution < -0.4 is 5.32 Å². The van der Waals surface area contributed by atoms with E-state index in [0.29, 0.717) is 23.6 Å². The van der Waals surface area contributed by atoms with E-state index in [2.05, 4.69) is 20.3 Å². The second kappa shape index (κ2) is 5.92. The molecule has 1 N–H and O–H groups in total. The summed E-state index contributed by atoms with van der Waals surface area (Å²) in [6, 6.07) is 0.217. The van der Waals surface area contributed by atoms with Gasteiger partial charge < -0.3 is 5.32 Å². The SMILES string of the molecule is Cc1ncc2c(n1)CC[C@H](NCc1csc(C(F)(F)F)n1)C2. The number of rotatable bonds is 3. The van der Waals surface area contributed by atoms with E-state index in [1.54, 1.807) is 0 Å². The molecule has 0 bridgehead atoms. The normalized spacial score (nSPS) is 18.3. The van der Waals surface area contributed by atoms with Crippen molar-refractivity contribution in [1.29, 1.82) is 0 Å². The number of aromatic nitrogens is 3. The molecule has 0 amide bonds. The largest absolute Gasteiger partial charge is 0.443 e. The molecule has 2 heterocycles. The van der Waals surface area contributed by atoms with Crippen LogP contribution in [0.3, 0.4) is 0 Å². The molecule has 0 aromatic carbocycles. The number of fused-ring (bicyclic) bond motifs is 1. The van der Waals surface area contributed by atoms with Gasteiger partial charge in [0.05, 0.1) is 5.69 Å². The lowest BCUT2D eigenvalue weighted by Gasteiger charge is -2.24. The predicted molar refractivity (Wildman–Crippen MR) is 76.5 cm³/mol. The van der Waals surface area contributed by atoms with Gasteiger partial charge in [0.25, 0.3) is 0 Å². The number of nitrogens with one attached hydrogen (secondary N) is 1. The standard InChI is InChI=1S/C14H15F3N4S/c1-8-18-5-9-4-10(2-3-12(9)20-8)19-6-11-7-22-13(21-11)14(15,16)17/h5,7,10,19H,2-4,6H2,1H3/t10-/m0/s1. The number of alkyl halides is 3. The molecule has 2 aromatic rings. The summed E-state index contributed by atoms with van der Waals surface area (Å²) in [7, 11) is 0. The first-order valence-corrected chi connectivity index (χ1v) is 7.86. The second-order valence-electron chi connectivity index (χ2n) is 5.35. The quantitative estimate of drug-likeness (QED) is 0.941. The van der Waals surface area contributed by atoms with E-state index in [1.807, 2.05) is 13.1 Å². The minimum absolute atomic E-state index is 0.217. The molecule has 0 fully saturated rings. The fourth-order valence-corrected chi connectivity index (χ4v) is 3.24. The van der Waals surface area contributed by atoms with Crippen LogP contribution in [0.25, 0.3) is 0 Å². The lowest BCUT2D eigenvalue weighted by molar-refractivity contribution is -0.137. The van der Waals surface area contributed by atoms with Gasteiger partial charge in [0.1, 0.15) is 5.82 Å². The molecule has 0 spiro atoms. The van der Waals surface area contributed by atoms with Crippen LogP contribution in [0.1, 0.15) is 34.2 Å². The van der Waals surface area contributed by atoms with Crippen molar-refractivity contribution in [3.63, 3.8) is 0 Å². The Hall–Kier alpha value is -1.54. The molecule has 4 nitrogen and oxygen atoms in total. The van der Waals surface area contributed by atoms with Crippen LogP contribution in [0.15, 0.2) is 11.6 Å². The van der Waals surface area contributed by atoms with Gasteiger partial charge in [0.2, 0.25) is 0 Å².